The molecule has 0 aromatic carbocycles. The Hall–Kier alpha value is -1.00. The summed E-state index contributed by atoms with van der Waals surface area (Å²) >= 11 is 5.96. The lowest BCUT2D eigenvalue weighted by molar-refractivity contribution is 0.864. The predicted molar refractivity (Wildman–Crippen MR) is 55.2 cm³/mol. The van der Waals surface area contributed by atoms with E-state index in [0.29, 0.717) is 10.6 Å². The lowest BCUT2D eigenvalue weighted by Gasteiger charge is -1.94. The van der Waals surface area contributed by atoms with Gasteiger partial charge in [0, 0.05) is 0 Å². The normalized spacial score (nSPS) is 22.4. The second-order valence-electron chi connectivity index (χ2n) is 3.10. The number of nitriles is 1. The van der Waals surface area contributed by atoms with Crippen molar-refractivity contribution in [3.8, 4) is 6.07 Å². The number of allylic oxidation sites excluding steroid dienone is 6. The summed E-state index contributed by atoms with van der Waals surface area (Å²) in [6, 6.07) is 2.10. The third-order valence-corrected chi connectivity index (χ3v) is 2.27. The molecule has 0 aromatic rings. The van der Waals surface area contributed by atoms with Crippen molar-refractivity contribution in [1.82, 2.24) is 0 Å². The van der Waals surface area contributed by atoms with Gasteiger partial charge in [-0.15, -0.1) is 0 Å². The monoisotopic (exact) mass is 193 g/mol. The van der Waals surface area contributed by atoms with Gasteiger partial charge in [-0.1, -0.05) is 29.3 Å². The van der Waals surface area contributed by atoms with Gasteiger partial charge < -0.3 is 0 Å². The molecule has 13 heavy (non-hydrogen) atoms. The van der Waals surface area contributed by atoms with Crippen LogP contribution < -0.4 is 0 Å². The van der Waals surface area contributed by atoms with E-state index in [9.17, 15) is 0 Å². The zero-order valence-electron chi connectivity index (χ0n) is 7.68. The molecule has 0 amide bonds. The number of halogens is 1. The first kappa shape index (κ1) is 10.1. The number of rotatable bonds is 0. The quantitative estimate of drug-likeness (QED) is 0.576. The average Bonchev–Trinajstić information content (AvgIpc) is 2.16. The van der Waals surface area contributed by atoms with Crippen LogP contribution in [0.3, 0.4) is 0 Å². The molecule has 2 heteroatoms. The standard InChI is InChI=1S/C11H12ClN/c1-9-5-3-2-4-6-10(8-13)11(12)7-9/h5-7H,2-4H2,1H3/b9-5?,10-6+,11-7?. The summed E-state index contributed by atoms with van der Waals surface area (Å²) in [5.41, 5.74) is 1.73. The highest BCUT2D eigenvalue weighted by Gasteiger charge is 2.02. The van der Waals surface area contributed by atoms with Crippen molar-refractivity contribution in [2.75, 3.05) is 0 Å². The summed E-state index contributed by atoms with van der Waals surface area (Å²) in [6.45, 7) is 2.00. The fraction of sp³-hybridized carbons (Fsp3) is 0.364. The Kier molecular flexibility index (Phi) is 3.79. The first-order valence-electron chi connectivity index (χ1n) is 4.38. The van der Waals surface area contributed by atoms with Crippen molar-refractivity contribution in [1.29, 1.82) is 5.26 Å². The molecule has 0 aliphatic heterocycles. The molecule has 0 aromatic heterocycles. The average molecular weight is 194 g/mol. The Morgan fingerprint density at radius 2 is 2.08 bits per heavy atom. The van der Waals surface area contributed by atoms with Crippen LogP contribution in [0.4, 0.5) is 0 Å². The molecule has 1 nitrogen and oxygen atoms in total. The van der Waals surface area contributed by atoms with Crippen molar-refractivity contribution in [3.05, 3.63) is 34.4 Å². The van der Waals surface area contributed by atoms with Crippen LogP contribution in [0.5, 0.6) is 0 Å². The highest BCUT2D eigenvalue weighted by Crippen LogP contribution is 2.20. The smallest absolute Gasteiger partial charge is 0.100 e. The van der Waals surface area contributed by atoms with Crippen molar-refractivity contribution in [3.63, 3.8) is 0 Å². The van der Waals surface area contributed by atoms with E-state index < -0.39 is 0 Å². The van der Waals surface area contributed by atoms with Gasteiger partial charge in [0.1, 0.15) is 6.07 Å². The van der Waals surface area contributed by atoms with Crippen LogP contribution in [0, 0.1) is 11.3 Å². The molecule has 0 saturated heterocycles. The molecular formula is C11H12ClN. The Bertz CT molecular complexity index is 315. The molecule has 0 radical (unpaired) electrons. The highest BCUT2D eigenvalue weighted by molar-refractivity contribution is 6.32. The van der Waals surface area contributed by atoms with Crippen LogP contribution >= 0.6 is 11.6 Å². The third kappa shape index (κ3) is 3.08. The molecule has 0 fully saturated rings. The van der Waals surface area contributed by atoms with Crippen molar-refractivity contribution in [2.24, 2.45) is 0 Å². The zero-order valence-corrected chi connectivity index (χ0v) is 8.43. The molecule has 0 saturated carbocycles. The van der Waals surface area contributed by atoms with Gasteiger partial charge >= 0.3 is 0 Å². The van der Waals surface area contributed by atoms with E-state index in [2.05, 4.69) is 12.1 Å². The van der Waals surface area contributed by atoms with Crippen LogP contribution in [-0.2, 0) is 0 Å². The number of hydrogen-bond donors (Lipinski definition) is 0. The third-order valence-electron chi connectivity index (χ3n) is 1.96. The van der Waals surface area contributed by atoms with Gasteiger partial charge in [0.05, 0.1) is 10.6 Å². The number of hydrogen-bond acceptors (Lipinski definition) is 1. The maximum atomic E-state index is 8.79. The largest absolute Gasteiger partial charge is 0.192 e. The predicted octanol–water partition coefficient (Wildman–Crippen LogP) is 3.69. The van der Waals surface area contributed by atoms with Crippen LogP contribution in [0.25, 0.3) is 0 Å². The van der Waals surface area contributed by atoms with E-state index in [1.807, 2.05) is 19.1 Å². The van der Waals surface area contributed by atoms with E-state index in [0.717, 1.165) is 24.8 Å². The van der Waals surface area contributed by atoms with Crippen molar-refractivity contribution in [2.45, 2.75) is 26.2 Å². The van der Waals surface area contributed by atoms with Gasteiger partial charge in [0.25, 0.3) is 0 Å². The van der Waals surface area contributed by atoms with E-state index in [1.165, 1.54) is 0 Å². The molecule has 0 N–H and O–H groups in total. The molecule has 68 valence electrons. The Labute approximate surface area is 84.0 Å². The first-order valence-corrected chi connectivity index (χ1v) is 4.76. The molecule has 0 bridgehead atoms. The van der Waals surface area contributed by atoms with Crippen LogP contribution in [0.15, 0.2) is 34.4 Å². The van der Waals surface area contributed by atoms with Crippen LogP contribution in [-0.4, -0.2) is 0 Å². The van der Waals surface area contributed by atoms with Crippen LogP contribution in [0.1, 0.15) is 26.2 Å². The zero-order chi connectivity index (χ0) is 9.68. The molecule has 0 atom stereocenters. The molecular weight excluding hydrogens is 182 g/mol. The Morgan fingerprint density at radius 1 is 1.38 bits per heavy atom. The summed E-state index contributed by atoms with van der Waals surface area (Å²) in [5, 5.41) is 9.35. The van der Waals surface area contributed by atoms with E-state index in [1.54, 1.807) is 0 Å². The summed E-state index contributed by atoms with van der Waals surface area (Å²) in [6.07, 6.45) is 8.97. The maximum Gasteiger partial charge on any atom is 0.100 e. The van der Waals surface area contributed by atoms with Gasteiger partial charge in [-0.05, 0) is 32.3 Å². The minimum atomic E-state index is 0.554. The Balaban J connectivity index is 2.98. The molecule has 1 rings (SSSR count). The van der Waals surface area contributed by atoms with E-state index in [-0.39, 0.29) is 0 Å². The number of nitrogens with zero attached hydrogens (tertiary/aromatic N) is 1. The van der Waals surface area contributed by atoms with E-state index in [4.69, 9.17) is 16.9 Å². The van der Waals surface area contributed by atoms with E-state index >= 15 is 0 Å². The highest BCUT2D eigenvalue weighted by atomic mass is 35.5. The van der Waals surface area contributed by atoms with Gasteiger partial charge in [-0.2, -0.15) is 5.26 Å². The van der Waals surface area contributed by atoms with Gasteiger partial charge in [0.15, 0.2) is 0 Å². The molecule has 1 aliphatic rings. The molecule has 1 aliphatic carbocycles. The van der Waals surface area contributed by atoms with Gasteiger partial charge in [-0.25, -0.2) is 0 Å². The Morgan fingerprint density at radius 3 is 2.77 bits per heavy atom. The van der Waals surface area contributed by atoms with Gasteiger partial charge in [-0.3, -0.25) is 0 Å². The molecule has 0 unspecified atom stereocenters. The minimum Gasteiger partial charge on any atom is -0.192 e. The van der Waals surface area contributed by atoms with Gasteiger partial charge in [0.2, 0.25) is 0 Å². The topological polar surface area (TPSA) is 23.8 Å². The fourth-order valence-corrected chi connectivity index (χ4v) is 1.52. The summed E-state index contributed by atoms with van der Waals surface area (Å²) < 4.78 is 0. The lowest BCUT2D eigenvalue weighted by atomic mass is 10.2. The van der Waals surface area contributed by atoms with Crippen LogP contribution in [0.2, 0.25) is 0 Å². The summed E-state index contributed by atoms with van der Waals surface area (Å²) in [5.74, 6) is 0. The fourth-order valence-electron chi connectivity index (χ4n) is 1.23. The first-order chi connectivity index (χ1) is 6.24. The molecule has 0 heterocycles. The maximum absolute atomic E-state index is 8.79. The summed E-state index contributed by atoms with van der Waals surface area (Å²) in [7, 11) is 0. The summed E-state index contributed by atoms with van der Waals surface area (Å²) in [4.78, 5) is 0. The van der Waals surface area contributed by atoms with Crippen molar-refractivity contribution < 1.29 is 0 Å². The molecule has 0 spiro atoms. The second-order valence-corrected chi connectivity index (χ2v) is 3.51. The minimum absolute atomic E-state index is 0.554. The van der Waals surface area contributed by atoms with Crippen molar-refractivity contribution >= 4 is 11.6 Å². The lowest BCUT2D eigenvalue weighted by Crippen LogP contribution is -1.79. The SMILES string of the molecule is CC1=CCCC/C=C(\C#N)C(Cl)=C1. The second kappa shape index (κ2) is 4.89.